The fourth-order valence-corrected chi connectivity index (χ4v) is 3.81. The van der Waals surface area contributed by atoms with Crippen molar-refractivity contribution in [2.45, 2.75) is 13.0 Å². The van der Waals surface area contributed by atoms with Crippen LogP contribution in [0.1, 0.15) is 6.92 Å². The highest BCUT2D eigenvalue weighted by atomic mass is 35.5. The van der Waals surface area contributed by atoms with Gasteiger partial charge in [-0.15, -0.1) is 0 Å². The molecule has 5 rings (SSSR count). The van der Waals surface area contributed by atoms with Crippen molar-refractivity contribution in [2.24, 2.45) is 0 Å². The quantitative estimate of drug-likeness (QED) is 0.497. The summed E-state index contributed by atoms with van der Waals surface area (Å²) >= 11 is 6.06. The first-order chi connectivity index (χ1) is 14.5. The van der Waals surface area contributed by atoms with Crippen LogP contribution in [0.25, 0.3) is 22.4 Å². The molecule has 0 aliphatic carbocycles. The molecule has 1 aliphatic rings. The predicted octanol–water partition coefficient (Wildman–Crippen LogP) is 3.57. The number of para-hydroxylation sites is 1. The van der Waals surface area contributed by atoms with Gasteiger partial charge in [0.15, 0.2) is 11.9 Å². The van der Waals surface area contributed by atoms with Crippen LogP contribution in [-0.4, -0.2) is 33.4 Å². The maximum atomic E-state index is 13.3. The lowest BCUT2D eigenvalue weighted by atomic mass is 10.2. The van der Waals surface area contributed by atoms with E-state index in [1.807, 2.05) is 30.3 Å². The summed E-state index contributed by atoms with van der Waals surface area (Å²) in [7, 11) is 1.68. The largest absolute Gasteiger partial charge is 0.463 e. The van der Waals surface area contributed by atoms with Gasteiger partial charge in [-0.1, -0.05) is 23.7 Å². The number of ether oxygens (including phenoxy) is 1. The van der Waals surface area contributed by atoms with Gasteiger partial charge in [-0.2, -0.15) is 9.67 Å². The molecule has 1 unspecified atom stereocenters. The molecule has 1 atom stereocenters. The zero-order chi connectivity index (χ0) is 21.0. The number of carbonyl (C=O) groups is 1. The summed E-state index contributed by atoms with van der Waals surface area (Å²) in [6.45, 7) is 1.67. The fourth-order valence-electron chi connectivity index (χ4n) is 3.69. The summed E-state index contributed by atoms with van der Waals surface area (Å²) in [6.07, 6.45) is -0.649. The van der Waals surface area contributed by atoms with Crippen molar-refractivity contribution >= 4 is 34.1 Å². The van der Waals surface area contributed by atoms with E-state index in [0.717, 1.165) is 11.2 Å². The molecule has 2 aromatic carbocycles. The molecule has 0 fully saturated rings. The first kappa shape index (κ1) is 18.4. The van der Waals surface area contributed by atoms with Crippen molar-refractivity contribution in [2.75, 3.05) is 11.9 Å². The van der Waals surface area contributed by atoms with Gasteiger partial charge in [0.25, 0.3) is 11.5 Å². The van der Waals surface area contributed by atoms with Crippen LogP contribution in [0.3, 0.4) is 0 Å². The Morgan fingerprint density at radius 2 is 1.70 bits per heavy atom. The Kier molecular flexibility index (Phi) is 4.15. The van der Waals surface area contributed by atoms with Crippen molar-refractivity contribution in [3.63, 3.8) is 0 Å². The van der Waals surface area contributed by atoms with E-state index in [-0.39, 0.29) is 11.5 Å². The number of rotatable bonds is 2. The van der Waals surface area contributed by atoms with Gasteiger partial charge in [0.1, 0.15) is 5.69 Å². The van der Waals surface area contributed by atoms with Crippen LogP contribution in [0, 0.1) is 0 Å². The van der Waals surface area contributed by atoms with E-state index in [0.29, 0.717) is 27.8 Å². The summed E-state index contributed by atoms with van der Waals surface area (Å²) in [5.41, 5.74) is 1.86. The molecule has 0 bridgehead atoms. The Bertz CT molecular complexity index is 1360. The monoisotopic (exact) mass is 420 g/mol. The summed E-state index contributed by atoms with van der Waals surface area (Å²) in [5, 5.41) is 1.17. The van der Waals surface area contributed by atoms with E-state index >= 15 is 0 Å². The maximum Gasteiger partial charge on any atom is 0.281 e. The zero-order valence-corrected chi connectivity index (χ0v) is 17.0. The molecular weight excluding hydrogens is 404 g/mol. The second kappa shape index (κ2) is 6.74. The molecule has 30 heavy (non-hydrogen) atoms. The third-order valence-electron chi connectivity index (χ3n) is 5.20. The van der Waals surface area contributed by atoms with Crippen LogP contribution in [0.4, 0.5) is 5.69 Å². The van der Waals surface area contributed by atoms with Crippen LogP contribution < -0.4 is 15.2 Å². The number of halogens is 1. The van der Waals surface area contributed by atoms with Crippen molar-refractivity contribution in [1.82, 2.24) is 14.3 Å². The normalized spacial score (nSPS) is 15.9. The van der Waals surface area contributed by atoms with Crippen LogP contribution in [-0.2, 0) is 4.79 Å². The van der Waals surface area contributed by atoms with Crippen molar-refractivity contribution < 1.29 is 9.53 Å². The van der Waals surface area contributed by atoms with Crippen LogP contribution in [0.2, 0.25) is 5.02 Å². The van der Waals surface area contributed by atoms with Crippen molar-refractivity contribution in [3.8, 4) is 17.4 Å². The first-order valence-corrected chi connectivity index (χ1v) is 9.78. The van der Waals surface area contributed by atoms with Gasteiger partial charge in [0.05, 0.1) is 16.6 Å². The number of fused-ring (bicyclic) bond motifs is 2. The Morgan fingerprint density at radius 1 is 0.967 bits per heavy atom. The van der Waals surface area contributed by atoms with E-state index in [1.54, 1.807) is 49.0 Å². The first-order valence-electron chi connectivity index (χ1n) is 9.40. The topological polar surface area (TPSA) is 69.4 Å². The third kappa shape index (κ3) is 2.70. The van der Waals surface area contributed by atoms with Gasteiger partial charge in [0, 0.05) is 12.1 Å². The van der Waals surface area contributed by atoms with E-state index < -0.39 is 6.10 Å². The van der Waals surface area contributed by atoms with E-state index in [9.17, 15) is 9.59 Å². The van der Waals surface area contributed by atoms with Crippen molar-refractivity contribution in [1.29, 1.82) is 0 Å². The van der Waals surface area contributed by atoms with Crippen LogP contribution in [0.15, 0.2) is 65.5 Å². The summed E-state index contributed by atoms with van der Waals surface area (Å²) in [6, 6.07) is 18.0. The Labute approximate surface area is 176 Å². The molecule has 1 amide bonds. The van der Waals surface area contributed by atoms with Gasteiger partial charge in [-0.3, -0.25) is 9.59 Å². The molecule has 8 heteroatoms. The number of nitrogens with zero attached hydrogens (tertiary/aromatic N) is 4. The Hall–Kier alpha value is -3.58. The van der Waals surface area contributed by atoms with Gasteiger partial charge in [0.2, 0.25) is 5.88 Å². The second-order valence-electron chi connectivity index (χ2n) is 7.07. The van der Waals surface area contributed by atoms with E-state index in [2.05, 4.69) is 4.98 Å². The number of aromatic nitrogens is 3. The summed E-state index contributed by atoms with van der Waals surface area (Å²) in [5.74, 6) is 0.547. The molecule has 4 aromatic rings. The molecule has 0 N–H and O–H groups in total. The smallest absolute Gasteiger partial charge is 0.281 e. The molecule has 0 saturated carbocycles. The Balaban J connectivity index is 1.78. The number of carbonyl (C=O) groups excluding carboxylic acids is 1. The highest BCUT2D eigenvalue weighted by molar-refractivity contribution is 6.30. The Morgan fingerprint density at radius 3 is 2.47 bits per heavy atom. The lowest BCUT2D eigenvalue weighted by Gasteiger charge is -2.29. The molecule has 150 valence electrons. The number of benzene rings is 2. The number of amides is 1. The minimum Gasteiger partial charge on any atom is -0.463 e. The number of pyridine rings is 1. The zero-order valence-electron chi connectivity index (χ0n) is 16.2. The molecule has 1 aliphatic heterocycles. The summed E-state index contributed by atoms with van der Waals surface area (Å²) in [4.78, 5) is 31.6. The van der Waals surface area contributed by atoms with Gasteiger partial charge in [-0.05, 0) is 55.5 Å². The lowest BCUT2D eigenvalue weighted by Crippen LogP contribution is -2.42. The fraction of sp³-hybridized carbons (Fsp3) is 0.136. The standard InChI is InChI=1S/C22H17ClN4O3/c1-13-21(28)25(2)18-11-12-19(24-20(18)30-13)27-22(29)16-5-3-4-6-17(16)26(27)15-9-7-14(23)8-10-15/h3-13H,1-2H3. The lowest BCUT2D eigenvalue weighted by molar-refractivity contribution is -0.125. The molecule has 2 aromatic heterocycles. The minimum atomic E-state index is -0.649. The molecule has 0 saturated heterocycles. The van der Waals surface area contributed by atoms with Crippen LogP contribution in [0.5, 0.6) is 5.88 Å². The van der Waals surface area contributed by atoms with Crippen molar-refractivity contribution in [3.05, 3.63) is 76.0 Å². The molecule has 7 nitrogen and oxygen atoms in total. The maximum absolute atomic E-state index is 13.3. The molecule has 0 spiro atoms. The van der Waals surface area contributed by atoms with Gasteiger partial charge >= 0.3 is 0 Å². The third-order valence-corrected chi connectivity index (χ3v) is 5.45. The number of likely N-dealkylation sites (N-methyl/N-ethyl adjacent to an activating group) is 1. The van der Waals surface area contributed by atoms with Gasteiger partial charge < -0.3 is 9.64 Å². The number of hydrogen-bond donors (Lipinski definition) is 0. The van der Waals surface area contributed by atoms with Gasteiger partial charge in [-0.25, -0.2) is 4.68 Å². The van der Waals surface area contributed by atoms with E-state index in [1.165, 1.54) is 9.58 Å². The van der Waals surface area contributed by atoms with Crippen LogP contribution >= 0.6 is 11.6 Å². The number of anilines is 1. The average Bonchev–Trinajstić information content (AvgIpc) is 3.05. The highest BCUT2D eigenvalue weighted by Gasteiger charge is 2.30. The molecular formula is C22H17ClN4O3. The predicted molar refractivity (Wildman–Crippen MR) is 115 cm³/mol. The highest BCUT2D eigenvalue weighted by Crippen LogP contribution is 2.32. The van der Waals surface area contributed by atoms with E-state index in [4.69, 9.17) is 16.3 Å². The molecule has 3 heterocycles. The number of hydrogen-bond acceptors (Lipinski definition) is 4. The SMILES string of the molecule is CC1Oc2nc(-n3c(=O)c4ccccc4n3-c3ccc(Cl)cc3)ccc2N(C)C1=O. The minimum absolute atomic E-state index is 0.149. The average molecular weight is 421 g/mol. The summed E-state index contributed by atoms with van der Waals surface area (Å²) < 4.78 is 9.00. The molecule has 0 radical (unpaired) electrons. The second-order valence-corrected chi connectivity index (χ2v) is 7.51.